The van der Waals surface area contributed by atoms with Gasteiger partial charge in [0.25, 0.3) is 0 Å². The predicted molar refractivity (Wildman–Crippen MR) is 132 cm³/mol. The van der Waals surface area contributed by atoms with Crippen LogP contribution in [0.1, 0.15) is 5.56 Å². The van der Waals surface area contributed by atoms with Crippen LogP contribution in [0.2, 0.25) is 0 Å². The zero-order valence-corrected chi connectivity index (χ0v) is 20.2. The van der Waals surface area contributed by atoms with Crippen LogP contribution in [-0.2, 0) is 21.2 Å². The van der Waals surface area contributed by atoms with Crippen molar-refractivity contribution in [1.29, 1.82) is 0 Å². The van der Waals surface area contributed by atoms with Gasteiger partial charge in [0, 0.05) is 26.2 Å². The maximum absolute atomic E-state index is 14.3. The summed E-state index contributed by atoms with van der Waals surface area (Å²) in [6.07, 6.45) is 0.153. The Morgan fingerprint density at radius 1 is 0.943 bits per heavy atom. The van der Waals surface area contributed by atoms with Gasteiger partial charge in [-0.2, -0.15) is 4.72 Å². The highest BCUT2D eigenvalue weighted by molar-refractivity contribution is 7.89. The van der Waals surface area contributed by atoms with Gasteiger partial charge in [0.05, 0.1) is 12.8 Å². The molecule has 0 saturated carbocycles. The quantitative estimate of drug-likeness (QED) is 0.518. The van der Waals surface area contributed by atoms with Crippen LogP contribution >= 0.6 is 0 Å². The Bertz CT molecular complexity index is 1260. The first-order valence-corrected chi connectivity index (χ1v) is 12.8. The second kappa shape index (κ2) is 10.9. The lowest BCUT2D eigenvalue weighted by atomic mass is 10.1. The molecular formula is C26H28FN3O4S. The van der Waals surface area contributed by atoms with E-state index in [1.807, 2.05) is 54.6 Å². The number of carbonyl (C=O) groups is 1. The van der Waals surface area contributed by atoms with Crippen LogP contribution in [0.15, 0.2) is 83.8 Å². The SMILES string of the molecule is COc1ccccc1N1CCN(C(=O)[C@H](Cc2ccccc2)NS(=O)(=O)c2ccccc2F)CC1. The van der Waals surface area contributed by atoms with E-state index in [1.54, 1.807) is 12.0 Å². The number of rotatable bonds is 8. The van der Waals surface area contributed by atoms with Crippen molar-refractivity contribution in [3.05, 3.63) is 90.2 Å². The van der Waals surface area contributed by atoms with Crippen molar-refractivity contribution >= 4 is 21.6 Å². The minimum absolute atomic E-state index is 0.153. The predicted octanol–water partition coefficient (Wildman–Crippen LogP) is 3.07. The third-order valence-corrected chi connectivity index (χ3v) is 7.53. The highest BCUT2D eigenvalue weighted by atomic mass is 32.2. The third-order valence-electron chi connectivity index (χ3n) is 6.02. The summed E-state index contributed by atoms with van der Waals surface area (Å²) < 4.78 is 48.2. The zero-order chi connectivity index (χ0) is 24.8. The number of sulfonamides is 1. The van der Waals surface area contributed by atoms with Gasteiger partial charge in [-0.3, -0.25) is 4.79 Å². The highest BCUT2D eigenvalue weighted by Crippen LogP contribution is 2.28. The van der Waals surface area contributed by atoms with Gasteiger partial charge in [0.1, 0.15) is 22.5 Å². The monoisotopic (exact) mass is 497 g/mol. The first-order valence-electron chi connectivity index (χ1n) is 11.4. The molecule has 1 fully saturated rings. The molecule has 1 atom stereocenters. The van der Waals surface area contributed by atoms with Crippen LogP contribution in [0, 0.1) is 5.82 Å². The van der Waals surface area contributed by atoms with Crippen LogP contribution < -0.4 is 14.4 Å². The fraction of sp³-hybridized carbons (Fsp3) is 0.269. The number of benzene rings is 3. The summed E-state index contributed by atoms with van der Waals surface area (Å²) >= 11 is 0. The van der Waals surface area contributed by atoms with Gasteiger partial charge in [-0.05, 0) is 36.2 Å². The molecule has 1 saturated heterocycles. The van der Waals surface area contributed by atoms with E-state index in [-0.39, 0.29) is 12.3 Å². The molecule has 3 aromatic carbocycles. The van der Waals surface area contributed by atoms with E-state index in [0.717, 1.165) is 23.1 Å². The number of piperazine rings is 1. The number of para-hydroxylation sites is 2. The fourth-order valence-electron chi connectivity index (χ4n) is 4.22. The fourth-order valence-corrected chi connectivity index (χ4v) is 5.49. The number of carbonyl (C=O) groups excluding carboxylic acids is 1. The van der Waals surface area contributed by atoms with Gasteiger partial charge < -0.3 is 14.5 Å². The van der Waals surface area contributed by atoms with Crippen molar-refractivity contribution in [3.63, 3.8) is 0 Å². The average Bonchev–Trinajstić information content (AvgIpc) is 2.88. The number of hydrogen-bond acceptors (Lipinski definition) is 5. The smallest absolute Gasteiger partial charge is 0.244 e. The lowest BCUT2D eigenvalue weighted by Crippen LogP contribution is -2.55. The molecule has 0 spiro atoms. The Morgan fingerprint density at radius 3 is 2.26 bits per heavy atom. The Morgan fingerprint density at radius 2 is 1.57 bits per heavy atom. The van der Waals surface area contributed by atoms with Crippen molar-refractivity contribution in [2.75, 3.05) is 38.2 Å². The van der Waals surface area contributed by atoms with Crippen molar-refractivity contribution in [1.82, 2.24) is 9.62 Å². The molecule has 0 unspecified atom stereocenters. The molecule has 1 heterocycles. The standard InChI is InChI=1S/C26H28FN3O4S/c1-34-24-13-7-6-12-23(24)29-15-17-30(18-16-29)26(31)22(19-20-9-3-2-4-10-20)28-35(32,33)25-14-8-5-11-21(25)27/h2-14,22,28H,15-19H2,1H3/t22-/m0/s1. The third kappa shape index (κ3) is 5.80. The van der Waals surface area contributed by atoms with Crippen molar-refractivity contribution in [3.8, 4) is 5.75 Å². The number of nitrogens with one attached hydrogen (secondary N) is 1. The molecule has 0 aliphatic carbocycles. The molecule has 4 rings (SSSR count). The molecule has 9 heteroatoms. The Hall–Kier alpha value is -3.43. The van der Waals surface area contributed by atoms with Crippen molar-refractivity contribution in [2.45, 2.75) is 17.4 Å². The van der Waals surface area contributed by atoms with E-state index in [1.165, 1.54) is 18.2 Å². The minimum atomic E-state index is -4.26. The van der Waals surface area contributed by atoms with Gasteiger partial charge in [0.2, 0.25) is 15.9 Å². The molecule has 7 nitrogen and oxygen atoms in total. The van der Waals surface area contributed by atoms with Gasteiger partial charge in [0.15, 0.2) is 0 Å². The maximum atomic E-state index is 14.3. The van der Waals surface area contributed by atoms with E-state index in [4.69, 9.17) is 4.74 Å². The van der Waals surface area contributed by atoms with E-state index in [2.05, 4.69) is 9.62 Å². The molecule has 1 aliphatic rings. The zero-order valence-electron chi connectivity index (χ0n) is 19.4. The normalized spacial score (nSPS) is 15.0. The van der Waals surface area contributed by atoms with Gasteiger partial charge in [-0.15, -0.1) is 0 Å². The molecule has 1 amide bonds. The second-order valence-electron chi connectivity index (χ2n) is 8.28. The summed E-state index contributed by atoms with van der Waals surface area (Å²) in [6.45, 7) is 1.99. The van der Waals surface area contributed by atoms with Gasteiger partial charge >= 0.3 is 0 Å². The first kappa shape index (κ1) is 24.7. The van der Waals surface area contributed by atoms with Crippen LogP contribution in [0.5, 0.6) is 5.75 Å². The molecule has 184 valence electrons. The first-order chi connectivity index (χ1) is 16.9. The summed E-state index contributed by atoms with van der Waals surface area (Å²) in [5.41, 5.74) is 1.75. The number of halogens is 1. The summed E-state index contributed by atoms with van der Waals surface area (Å²) in [7, 11) is -2.64. The van der Waals surface area contributed by atoms with Crippen LogP contribution in [0.3, 0.4) is 0 Å². The molecular weight excluding hydrogens is 469 g/mol. The lowest BCUT2D eigenvalue weighted by Gasteiger charge is -2.38. The number of anilines is 1. The Labute approximate surface area is 205 Å². The second-order valence-corrected chi connectivity index (χ2v) is 9.96. The number of methoxy groups -OCH3 is 1. The molecule has 1 aliphatic heterocycles. The lowest BCUT2D eigenvalue weighted by molar-refractivity contribution is -0.133. The summed E-state index contributed by atoms with van der Waals surface area (Å²) in [4.78, 5) is 16.8. The van der Waals surface area contributed by atoms with Crippen molar-refractivity contribution in [2.24, 2.45) is 0 Å². The summed E-state index contributed by atoms with van der Waals surface area (Å²) in [5, 5.41) is 0. The molecule has 0 radical (unpaired) electrons. The number of nitrogens with zero attached hydrogens (tertiary/aromatic N) is 2. The van der Waals surface area contributed by atoms with Gasteiger partial charge in [-0.25, -0.2) is 12.8 Å². The van der Waals surface area contributed by atoms with Crippen LogP contribution in [0.25, 0.3) is 0 Å². The highest BCUT2D eigenvalue weighted by Gasteiger charge is 2.32. The van der Waals surface area contributed by atoms with E-state index in [0.29, 0.717) is 26.2 Å². The van der Waals surface area contributed by atoms with Gasteiger partial charge in [-0.1, -0.05) is 54.6 Å². The molecule has 0 aromatic heterocycles. The average molecular weight is 498 g/mol. The topological polar surface area (TPSA) is 79.0 Å². The number of ether oxygens (including phenoxy) is 1. The van der Waals surface area contributed by atoms with E-state index < -0.39 is 26.8 Å². The Kier molecular flexibility index (Phi) is 7.67. The summed E-state index contributed by atoms with van der Waals surface area (Å²) in [5.74, 6) is -0.448. The van der Waals surface area contributed by atoms with Crippen molar-refractivity contribution < 1.29 is 22.3 Å². The molecule has 35 heavy (non-hydrogen) atoms. The molecule has 3 aromatic rings. The largest absolute Gasteiger partial charge is 0.495 e. The van der Waals surface area contributed by atoms with E-state index in [9.17, 15) is 17.6 Å². The Balaban J connectivity index is 1.52. The molecule has 1 N–H and O–H groups in total. The maximum Gasteiger partial charge on any atom is 0.244 e. The van der Waals surface area contributed by atoms with E-state index >= 15 is 0 Å². The molecule has 0 bridgehead atoms. The van der Waals surface area contributed by atoms with Crippen LogP contribution in [-0.4, -0.2) is 58.6 Å². The van der Waals surface area contributed by atoms with Crippen LogP contribution in [0.4, 0.5) is 10.1 Å². The minimum Gasteiger partial charge on any atom is -0.495 e. The summed E-state index contributed by atoms with van der Waals surface area (Å²) in [6, 6.07) is 20.9. The number of hydrogen-bond donors (Lipinski definition) is 1. The number of amides is 1.